The Morgan fingerprint density at radius 3 is 2.07 bits per heavy atom. The van der Waals surface area contributed by atoms with Crippen LogP contribution >= 0.6 is 0 Å². The molecule has 0 saturated carbocycles. The van der Waals surface area contributed by atoms with Crippen LogP contribution in [0.25, 0.3) is 0 Å². The number of hydrogen-bond donors (Lipinski definition) is 1. The first-order valence-corrected chi connectivity index (χ1v) is 6.06. The number of rotatable bonds is 2. The van der Waals surface area contributed by atoms with Crippen LogP contribution in [0.5, 0.6) is 0 Å². The van der Waals surface area contributed by atoms with Gasteiger partial charge in [-0.3, -0.25) is 0 Å². The van der Waals surface area contributed by atoms with Crippen LogP contribution in [-0.4, -0.2) is 36.6 Å². The molecule has 1 rings (SSSR count). The van der Waals surface area contributed by atoms with Gasteiger partial charge in [0.2, 0.25) is 0 Å². The Kier molecular flexibility index (Phi) is 4.90. The van der Waals surface area contributed by atoms with Crippen molar-refractivity contribution in [3.8, 4) is 0 Å². The van der Waals surface area contributed by atoms with E-state index in [1.807, 2.05) is 0 Å². The van der Waals surface area contributed by atoms with E-state index >= 15 is 0 Å². The van der Waals surface area contributed by atoms with Crippen LogP contribution in [-0.2, 0) is 0 Å². The van der Waals surface area contributed by atoms with Gasteiger partial charge in [0.1, 0.15) is 0 Å². The predicted octanol–water partition coefficient (Wildman–Crippen LogP) is 2.10. The van der Waals surface area contributed by atoms with Gasteiger partial charge in [-0.15, -0.1) is 0 Å². The molecule has 2 atom stereocenters. The van der Waals surface area contributed by atoms with Crippen molar-refractivity contribution in [2.24, 2.45) is 5.92 Å². The Bertz CT molecular complexity index is 144. The largest absolute Gasteiger partial charge is 0.312 e. The minimum Gasteiger partial charge on any atom is -0.312 e. The zero-order valence-corrected chi connectivity index (χ0v) is 10.2. The van der Waals surface area contributed by atoms with Gasteiger partial charge in [-0.2, -0.15) is 0 Å². The van der Waals surface area contributed by atoms with Crippen molar-refractivity contribution < 1.29 is 0 Å². The van der Waals surface area contributed by atoms with Crippen LogP contribution in [0.2, 0.25) is 0 Å². The van der Waals surface area contributed by atoms with Gasteiger partial charge in [0, 0.05) is 18.6 Å². The fourth-order valence-corrected chi connectivity index (χ4v) is 2.22. The Labute approximate surface area is 89.1 Å². The fourth-order valence-electron chi connectivity index (χ4n) is 2.22. The normalized spacial score (nSPS) is 31.5. The average Bonchev–Trinajstić information content (AvgIpc) is 2.07. The summed E-state index contributed by atoms with van der Waals surface area (Å²) in [6.07, 6.45) is 2.58. The summed E-state index contributed by atoms with van der Waals surface area (Å²) in [6, 6.07) is 1.36. The third kappa shape index (κ3) is 4.43. The summed E-state index contributed by atoms with van der Waals surface area (Å²) in [5.74, 6) is 0.799. The number of nitrogens with zero attached hydrogens (tertiary/aromatic N) is 1. The van der Waals surface area contributed by atoms with Gasteiger partial charge in [-0.05, 0) is 45.7 Å². The number of hydrogen-bond acceptors (Lipinski definition) is 2. The Hall–Kier alpha value is -0.0800. The molecule has 1 N–H and O–H groups in total. The van der Waals surface area contributed by atoms with Gasteiger partial charge in [-0.1, -0.05) is 13.8 Å². The Morgan fingerprint density at radius 2 is 1.64 bits per heavy atom. The molecular weight excluding hydrogens is 172 g/mol. The van der Waals surface area contributed by atoms with Crippen molar-refractivity contribution >= 4 is 0 Å². The summed E-state index contributed by atoms with van der Waals surface area (Å²) >= 11 is 0. The molecule has 0 aromatic carbocycles. The smallest absolute Gasteiger partial charge is 0.00533 e. The molecule has 2 nitrogen and oxygen atoms in total. The molecule has 1 aliphatic rings. The highest BCUT2D eigenvalue weighted by molar-refractivity contribution is 4.75. The lowest BCUT2D eigenvalue weighted by Crippen LogP contribution is -2.43. The SMILES string of the molecule is CC(C)CN1CCC(C)NC(C)CC1. The van der Waals surface area contributed by atoms with Crippen LogP contribution in [0.15, 0.2) is 0 Å². The lowest BCUT2D eigenvalue weighted by Gasteiger charge is -2.31. The molecule has 14 heavy (non-hydrogen) atoms. The first kappa shape index (κ1) is 12.0. The van der Waals surface area contributed by atoms with Crippen molar-refractivity contribution in [3.63, 3.8) is 0 Å². The van der Waals surface area contributed by atoms with Crippen LogP contribution < -0.4 is 5.32 Å². The molecule has 2 unspecified atom stereocenters. The van der Waals surface area contributed by atoms with Crippen LogP contribution in [0.4, 0.5) is 0 Å². The molecule has 1 aliphatic heterocycles. The summed E-state index contributed by atoms with van der Waals surface area (Å²) in [6.45, 7) is 13.0. The van der Waals surface area contributed by atoms with Crippen molar-refractivity contribution in [1.82, 2.24) is 10.2 Å². The Balaban J connectivity index is 2.37. The maximum absolute atomic E-state index is 3.63. The van der Waals surface area contributed by atoms with Gasteiger partial charge in [0.15, 0.2) is 0 Å². The summed E-state index contributed by atoms with van der Waals surface area (Å²) in [4.78, 5) is 2.62. The van der Waals surface area contributed by atoms with E-state index in [9.17, 15) is 0 Å². The standard InChI is InChI=1S/C12H26N2/c1-10(2)9-14-7-5-11(3)13-12(4)6-8-14/h10-13H,5-9H2,1-4H3. The van der Waals surface area contributed by atoms with Crippen LogP contribution in [0.1, 0.15) is 40.5 Å². The van der Waals surface area contributed by atoms with Gasteiger partial charge >= 0.3 is 0 Å². The monoisotopic (exact) mass is 198 g/mol. The molecule has 0 amide bonds. The lowest BCUT2D eigenvalue weighted by molar-refractivity contribution is 0.200. The maximum Gasteiger partial charge on any atom is 0.00533 e. The van der Waals surface area contributed by atoms with E-state index in [-0.39, 0.29) is 0 Å². The molecule has 0 aromatic rings. The third-order valence-corrected chi connectivity index (χ3v) is 2.95. The minimum absolute atomic E-state index is 0.681. The first-order chi connectivity index (χ1) is 6.58. The second-order valence-corrected chi connectivity index (χ2v) is 5.24. The van der Waals surface area contributed by atoms with Gasteiger partial charge in [0.05, 0.1) is 0 Å². The van der Waals surface area contributed by atoms with Crippen LogP contribution in [0.3, 0.4) is 0 Å². The summed E-state index contributed by atoms with van der Waals surface area (Å²) in [5, 5.41) is 3.63. The second kappa shape index (κ2) is 5.72. The van der Waals surface area contributed by atoms with Gasteiger partial charge < -0.3 is 10.2 Å². The van der Waals surface area contributed by atoms with Crippen molar-refractivity contribution in [2.45, 2.75) is 52.6 Å². The van der Waals surface area contributed by atoms with Crippen molar-refractivity contribution in [3.05, 3.63) is 0 Å². The molecule has 1 fully saturated rings. The van der Waals surface area contributed by atoms with E-state index in [4.69, 9.17) is 0 Å². The quantitative estimate of drug-likeness (QED) is 0.731. The molecule has 1 heterocycles. The van der Waals surface area contributed by atoms with E-state index in [0.717, 1.165) is 5.92 Å². The number of nitrogens with one attached hydrogen (secondary N) is 1. The zero-order valence-electron chi connectivity index (χ0n) is 10.2. The first-order valence-electron chi connectivity index (χ1n) is 6.06. The summed E-state index contributed by atoms with van der Waals surface area (Å²) < 4.78 is 0. The van der Waals surface area contributed by atoms with E-state index in [1.54, 1.807) is 0 Å². The van der Waals surface area contributed by atoms with E-state index in [0.29, 0.717) is 12.1 Å². The molecule has 0 radical (unpaired) electrons. The molecule has 84 valence electrons. The molecule has 0 spiro atoms. The zero-order chi connectivity index (χ0) is 10.6. The summed E-state index contributed by atoms with van der Waals surface area (Å²) in [5.41, 5.74) is 0. The molecular formula is C12H26N2. The Morgan fingerprint density at radius 1 is 1.14 bits per heavy atom. The topological polar surface area (TPSA) is 15.3 Å². The minimum atomic E-state index is 0.681. The lowest BCUT2D eigenvalue weighted by atomic mass is 10.1. The van der Waals surface area contributed by atoms with E-state index < -0.39 is 0 Å². The highest BCUT2D eigenvalue weighted by Crippen LogP contribution is 2.08. The fraction of sp³-hybridized carbons (Fsp3) is 1.00. The van der Waals surface area contributed by atoms with Crippen LogP contribution in [0, 0.1) is 5.92 Å². The predicted molar refractivity (Wildman–Crippen MR) is 62.6 cm³/mol. The second-order valence-electron chi connectivity index (χ2n) is 5.24. The highest BCUT2D eigenvalue weighted by atomic mass is 15.1. The van der Waals surface area contributed by atoms with E-state index in [2.05, 4.69) is 37.9 Å². The van der Waals surface area contributed by atoms with Gasteiger partial charge in [-0.25, -0.2) is 0 Å². The molecule has 0 aromatic heterocycles. The molecule has 2 heteroatoms. The maximum atomic E-state index is 3.63. The highest BCUT2D eigenvalue weighted by Gasteiger charge is 2.15. The molecule has 0 aliphatic carbocycles. The van der Waals surface area contributed by atoms with Gasteiger partial charge in [0.25, 0.3) is 0 Å². The molecule has 0 bridgehead atoms. The molecule has 1 saturated heterocycles. The average molecular weight is 198 g/mol. The van der Waals surface area contributed by atoms with Crippen molar-refractivity contribution in [1.29, 1.82) is 0 Å². The van der Waals surface area contributed by atoms with Crippen molar-refractivity contribution in [2.75, 3.05) is 19.6 Å². The summed E-state index contributed by atoms with van der Waals surface area (Å²) in [7, 11) is 0. The van der Waals surface area contributed by atoms with E-state index in [1.165, 1.54) is 32.5 Å². The third-order valence-electron chi connectivity index (χ3n) is 2.95.